The Bertz CT molecular complexity index is 452. The van der Waals surface area contributed by atoms with Gasteiger partial charge in [-0.2, -0.15) is 5.10 Å². The normalized spacial score (nSPS) is 12.7. The van der Waals surface area contributed by atoms with Crippen LogP contribution in [-0.2, 0) is 16.1 Å². The number of methoxy groups -OCH3 is 1. The Balaban J connectivity index is 2.64. The lowest BCUT2D eigenvalue weighted by atomic mass is 10.2. The summed E-state index contributed by atoms with van der Waals surface area (Å²) in [5.74, 6) is 0.499. The molecule has 0 radical (unpaired) electrons. The predicted octanol–water partition coefficient (Wildman–Crippen LogP) is 1.42. The van der Waals surface area contributed by atoms with E-state index in [0.29, 0.717) is 17.9 Å². The first-order chi connectivity index (χ1) is 8.47. The van der Waals surface area contributed by atoms with Crippen LogP contribution in [0.1, 0.15) is 32.6 Å². The summed E-state index contributed by atoms with van der Waals surface area (Å²) in [4.78, 5) is 11.7. The number of nitrogens with one attached hydrogen (secondary N) is 2. The predicted molar refractivity (Wildman–Crippen MR) is 70.7 cm³/mol. The third-order valence-corrected chi connectivity index (χ3v) is 2.87. The van der Waals surface area contributed by atoms with Gasteiger partial charge < -0.3 is 14.6 Å². The van der Waals surface area contributed by atoms with Crippen LogP contribution in [0.2, 0.25) is 0 Å². The minimum atomic E-state index is -0.176. The van der Waals surface area contributed by atoms with Crippen LogP contribution in [0.5, 0.6) is 0 Å². The van der Waals surface area contributed by atoms with Crippen molar-refractivity contribution in [2.45, 2.75) is 33.4 Å². The van der Waals surface area contributed by atoms with Gasteiger partial charge in [-0.25, -0.2) is 0 Å². The van der Waals surface area contributed by atoms with Crippen LogP contribution in [0.15, 0.2) is 0 Å². The Labute approximate surface area is 112 Å². The lowest BCUT2D eigenvalue weighted by molar-refractivity contribution is -0.126. The van der Waals surface area contributed by atoms with Crippen LogP contribution in [0.25, 0.3) is 0 Å². The highest BCUT2D eigenvalue weighted by atomic mass is 32.1. The minimum absolute atomic E-state index is 0.0546. The molecule has 0 bridgehead atoms. The van der Waals surface area contributed by atoms with E-state index in [-0.39, 0.29) is 17.9 Å². The molecule has 1 aromatic rings. The third-order valence-electron chi connectivity index (χ3n) is 2.58. The largest absolute Gasteiger partial charge is 0.384 e. The third kappa shape index (κ3) is 3.64. The van der Waals surface area contributed by atoms with E-state index in [4.69, 9.17) is 17.0 Å². The van der Waals surface area contributed by atoms with Crippen molar-refractivity contribution in [2.75, 3.05) is 13.7 Å². The van der Waals surface area contributed by atoms with Gasteiger partial charge in [0.2, 0.25) is 5.91 Å². The molecule has 6 nitrogen and oxygen atoms in total. The molecule has 18 heavy (non-hydrogen) atoms. The molecule has 102 valence electrons. The number of hydrogen-bond acceptors (Lipinski definition) is 4. The van der Waals surface area contributed by atoms with Crippen molar-refractivity contribution < 1.29 is 9.53 Å². The first kappa shape index (κ1) is 14.8. The molecule has 1 aromatic heterocycles. The van der Waals surface area contributed by atoms with E-state index in [1.165, 1.54) is 0 Å². The van der Waals surface area contributed by atoms with Crippen LogP contribution in [-0.4, -0.2) is 34.4 Å². The number of hydrogen-bond donors (Lipinski definition) is 2. The fraction of sp³-hybridized carbons (Fsp3) is 0.727. The van der Waals surface area contributed by atoms with Crippen molar-refractivity contribution >= 4 is 18.1 Å². The van der Waals surface area contributed by atoms with Gasteiger partial charge >= 0.3 is 0 Å². The second-order valence-corrected chi connectivity index (χ2v) is 4.87. The number of nitrogens with zero attached hydrogens (tertiary/aromatic N) is 2. The number of H-pyrrole nitrogens is 1. The fourth-order valence-electron chi connectivity index (χ4n) is 1.66. The number of ether oxygens (including phenoxy) is 1. The first-order valence-electron chi connectivity index (χ1n) is 5.89. The van der Waals surface area contributed by atoms with Gasteiger partial charge in [0.25, 0.3) is 0 Å². The number of rotatable bonds is 6. The molecule has 1 amide bonds. The molecule has 2 N–H and O–H groups in total. The minimum Gasteiger partial charge on any atom is -0.384 e. The second-order valence-electron chi connectivity index (χ2n) is 4.48. The molecule has 0 aliphatic heterocycles. The van der Waals surface area contributed by atoms with Crippen molar-refractivity contribution in [3.05, 3.63) is 10.6 Å². The highest BCUT2D eigenvalue weighted by Gasteiger charge is 2.14. The zero-order valence-electron chi connectivity index (χ0n) is 11.2. The topological polar surface area (TPSA) is 71.9 Å². The molecule has 0 aliphatic carbocycles. The zero-order valence-corrected chi connectivity index (χ0v) is 12.0. The molecule has 0 fully saturated rings. The number of aromatic amines is 1. The molecule has 1 heterocycles. The standard InChI is InChI=1S/C11H20N4O2S/c1-7(2)15-9(13-14-11(15)18)5-12-10(16)8(3)6-17-4/h7-8H,5-6H2,1-4H3,(H,12,16)(H,14,18). The van der Waals surface area contributed by atoms with Gasteiger partial charge in [-0.05, 0) is 26.1 Å². The van der Waals surface area contributed by atoms with Crippen molar-refractivity contribution in [1.29, 1.82) is 0 Å². The lowest BCUT2D eigenvalue weighted by Crippen LogP contribution is -2.32. The molecule has 7 heteroatoms. The smallest absolute Gasteiger partial charge is 0.225 e. The Morgan fingerprint density at radius 1 is 1.56 bits per heavy atom. The van der Waals surface area contributed by atoms with Gasteiger partial charge in [0.1, 0.15) is 0 Å². The highest BCUT2D eigenvalue weighted by molar-refractivity contribution is 7.71. The van der Waals surface area contributed by atoms with Crippen LogP contribution in [0, 0.1) is 10.7 Å². The van der Waals surface area contributed by atoms with Crippen LogP contribution < -0.4 is 5.32 Å². The van der Waals surface area contributed by atoms with E-state index >= 15 is 0 Å². The van der Waals surface area contributed by atoms with Crippen molar-refractivity contribution in [1.82, 2.24) is 20.1 Å². The zero-order chi connectivity index (χ0) is 13.7. The Morgan fingerprint density at radius 2 is 2.22 bits per heavy atom. The molecule has 0 aliphatic rings. The summed E-state index contributed by atoms with van der Waals surface area (Å²) >= 11 is 5.13. The lowest BCUT2D eigenvalue weighted by Gasteiger charge is -2.13. The number of aromatic nitrogens is 3. The average Bonchev–Trinajstić information content (AvgIpc) is 2.67. The molecule has 0 saturated carbocycles. The Kier molecular flexibility index (Phi) is 5.49. The Hall–Kier alpha value is -1.21. The van der Waals surface area contributed by atoms with E-state index in [2.05, 4.69) is 15.5 Å². The summed E-state index contributed by atoms with van der Waals surface area (Å²) < 4.78 is 7.39. The van der Waals surface area contributed by atoms with E-state index in [9.17, 15) is 4.79 Å². The Morgan fingerprint density at radius 3 is 2.78 bits per heavy atom. The van der Waals surface area contributed by atoms with Gasteiger partial charge in [0.05, 0.1) is 19.1 Å². The molecule has 1 unspecified atom stereocenters. The summed E-state index contributed by atoms with van der Waals surface area (Å²) in [6.07, 6.45) is 0. The van der Waals surface area contributed by atoms with Crippen molar-refractivity contribution in [3.63, 3.8) is 0 Å². The molecule has 0 aromatic carbocycles. The summed E-state index contributed by atoms with van der Waals surface area (Å²) in [6, 6.07) is 0.208. The molecule has 0 spiro atoms. The van der Waals surface area contributed by atoms with E-state index in [1.807, 2.05) is 25.3 Å². The monoisotopic (exact) mass is 272 g/mol. The second kappa shape index (κ2) is 6.65. The number of amides is 1. The fourth-order valence-corrected chi connectivity index (χ4v) is 2.02. The summed E-state index contributed by atoms with van der Waals surface area (Å²) in [5.41, 5.74) is 0. The molecule has 0 saturated heterocycles. The maximum Gasteiger partial charge on any atom is 0.225 e. The average molecular weight is 272 g/mol. The van der Waals surface area contributed by atoms with E-state index in [0.717, 1.165) is 5.82 Å². The van der Waals surface area contributed by atoms with E-state index in [1.54, 1.807) is 7.11 Å². The molecular weight excluding hydrogens is 252 g/mol. The molecular formula is C11H20N4O2S. The van der Waals surface area contributed by atoms with Gasteiger partial charge in [-0.3, -0.25) is 9.89 Å². The summed E-state index contributed by atoms with van der Waals surface area (Å²) in [7, 11) is 1.58. The van der Waals surface area contributed by atoms with Crippen LogP contribution >= 0.6 is 12.2 Å². The maximum atomic E-state index is 11.7. The van der Waals surface area contributed by atoms with Crippen LogP contribution in [0.4, 0.5) is 0 Å². The van der Waals surface area contributed by atoms with Gasteiger partial charge in [-0.1, -0.05) is 6.92 Å². The first-order valence-corrected chi connectivity index (χ1v) is 6.30. The van der Waals surface area contributed by atoms with E-state index < -0.39 is 0 Å². The number of carbonyl (C=O) groups is 1. The molecule has 1 rings (SSSR count). The number of carbonyl (C=O) groups excluding carboxylic acids is 1. The quantitative estimate of drug-likeness (QED) is 0.768. The van der Waals surface area contributed by atoms with Gasteiger partial charge in [0.15, 0.2) is 10.6 Å². The van der Waals surface area contributed by atoms with Gasteiger partial charge in [0, 0.05) is 13.2 Å². The summed E-state index contributed by atoms with van der Waals surface area (Å²) in [5, 5.41) is 9.67. The van der Waals surface area contributed by atoms with Gasteiger partial charge in [-0.15, -0.1) is 0 Å². The van der Waals surface area contributed by atoms with Crippen molar-refractivity contribution in [3.8, 4) is 0 Å². The van der Waals surface area contributed by atoms with Crippen molar-refractivity contribution in [2.24, 2.45) is 5.92 Å². The maximum absolute atomic E-state index is 11.7. The SMILES string of the molecule is COCC(C)C(=O)NCc1n[nH]c(=S)n1C(C)C. The van der Waals surface area contributed by atoms with Crippen LogP contribution in [0.3, 0.4) is 0 Å². The molecule has 1 atom stereocenters. The highest BCUT2D eigenvalue weighted by Crippen LogP contribution is 2.08. The summed E-state index contributed by atoms with van der Waals surface area (Å²) in [6.45, 7) is 6.62.